The van der Waals surface area contributed by atoms with E-state index in [-0.39, 0.29) is 40.6 Å². The van der Waals surface area contributed by atoms with Crippen molar-refractivity contribution in [1.82, 2.24) is 14.2 Å². The Labute approximate surface area is 255 Å². The van der Waals surface area contributed by atoms with Gasteiger partial charge in [-0.25, -0.2) is 18.1 Å². The first-order chi connectivity index (χ1) is 21.2. The van der Waals surface area contributed by atoms with E-state index >= 15 is 0 Å². The number of hydrogen-bond donors (Lipinski definition) is 0. The Balaban J connectivity index is 1.35. The number of carbonyl (C=O) groups is 1. The summed E-state index contributed by atoms with van der Waals surface area (Å²) in [5.74, 6) is -9.09. The maximum Gasteiger partial charge on any atom is 0.347 e. The first kappa shape index (κ1) is 32.4. The molecule has 1 amide bonds. The molecule has 0 bridgehead atoms. The molecule has 11 nitrogen and oxygen atoms in total. The van der Waals surface area contributed by atoms with Gasteiger partial charge in [-0.1, -0.05) is 6.07 Å². The van der Waals surface area contributed by atoms with Gasteiger partial charge in [0.25, 0.3) is 5.91 Å². The number of halogens is 4. The molecule has 2 aliphatic rings. The predicted octanol–water partition coefficient (Wildman–Crippen LogP) is 6.26. The number of nitro benzene ring substituents is 1. The summed E-state index contributed by atoms with van der Waals surface area (Å²) in [7, 11) is -0.528. The molecule has 0 aliphatic carbocycles. The summed E-state index contributed by atoms with van der Waals surface area (Å²) in [6.07, 6.45) is 0. The highest BCUT2D eigenvalue weighted by Crippen LogP contribution is 2.65. The summed E-state index contributed by atoms with van der Waals surface area (Å²) in [5, 5.41) is 11.6. The van der Waals surface area contributed by atoms with Crippen LogP contribution < -0.4 is 9.47 Å². The second-order valence-electron chi connectivity index (χ2n) is 10.9. The van der Waals surface area contributed by atoms with Crippen LogP contribution in [-0.2, 0) is 22.3 Å². The molecule has 3 aromatic carbocycles. The largest absolute Gasteiger partial charge is 0.483 e. The Morgan fingerprint density at radius 3 is 2.11 bits per heavy atom. The van der Waals surface area contributed by atoms with Gasteiger partial charge in [0, 0.05) is 50.9 Å². The Kier molecular flexibility index (Phi) is 8.91. The lowest BCUT2D eigenvalue weighted by atomic mass is 10.1. The maximum absolute atomic E-state index is 15.0. The third-order valence-corrected chi connectivity index (χ3v) is 10.2. The number of carbonyl (C=O) groups excluding carboxylic acids is 1. The Hall–Kier alpha value is -4.04. The van der Waals surface area contributed by atoms with Crippen molar-refractivity contribution >= 4 is 19.3 Å². The molecule has 45 heavy (non-hydrogen) atoms. The zero-order valence-corrected chi connectivity index (χ0v) is 25.5. The van der Waals surface area contributed by atoms with Crippen molar-refractivity contribution in [1.29, 1.82) is 0 Å². The van der Waals surface area contributed by atoms with Crippen LogP contribution in [-0.4, -0.2) is 64.3 Å². The van der Waals surface area contributed by atoms with Crippen LogP contribution in [0.4, 0.5) is 23.2 Å². The van der Waals surface area contributed by atoms with E-state index in [1.807, 2.05) is 0 Å². The predicted molar refractivity (Wildman–Crippen MR) is 153 cm³/mol. The third-order valence-electron chi connectivity index (χ3n) is 7.31. The highest BCUT2D eigenvalue weighted by atomic mass is 31.2. The molecule has 240 valence electrons. The van der Waals surface area contributed by atoms with Crippen LogP contribution in [0, 0.1) is 33.4 Å². The number of amides is 1. The monoisotopic (exact) mass is 652 g/mol. The van der Waals surface area contributed by atoms with Crippen LogP contribution >= 0.6 is 7.67 Å². The van der Waals surface area contributed by atoms with Gasteiger partial charge in [0.15, 0.2) is 17.4 Å². The van der Waals surface area contributed by atoms with Crippen molar-refractivity contribution in [2.45, 2.75) is 39.1 Å². The number of nitrogens with zero attached hydrogens (tertiary/aromatic N) is 4. The summed E-state index contributed by atoms with van der Waals surface area (Å²) < 4.78 is 92.7. The van der Waals surface area contributed by atoms with Crippen LogP contribution in [0.15, 0.2) is 42.5 Å². The highest BCUT2D eigenvalue weighted by molar-refractivity contribution is 7.54. The average Bonchev–Trinajstić information content (AvgIpc) is 3.93. The van der Waals surface area contributed by atoms with Gasteiger partial charge < -0.3 is 18.9 Å². The normalized spacial score (nSPS) is 21.5. The molecule has 2 heterocycles. The zero-order valence-electron chi connectivity index (χ0n) is 24.6. The minimum atomic E-state index is -3.63. The van der Waals surface area contributed by atoms with Crippen molar-refractivity contribution in [3.8, 4) is 17.2 Å². The molecule has 0 N–H and O–H groups in total. The summed E-state index contributed by atoms with van der Waals surface area (Å²) in [6.45, 7) is 2.83. The standard InChI is InChI=1S/C29H29F4N4O7P/c1-16-12-35(16)45(41,36-13-17(36)2)43-15-21-24(30)26(32)28(27(33)25(21)31)42-14-18-8-9-22(37(39)40)23(10-18)44-20-7-5-6-19(11-20)29(38)34(3)4/h5-11,16-17H,12-15H2,1-4H3. The molecule has 0 aromatic heterocycles. The minimum absolute atomic E-state index is 0.0784. The van der Waals surface area contributed by atoms with Crippen molar-refractivity contribution in [2.24, 2.45) is 0 Å². The van der Waals surface area contributed by atoms with Gasteiger partial charge in [0.1, 0.15) is 12.4 Å². The van der Waals surface area contributed by atoms with Crippen LogP contribution in [0.25, 0.3) is 0 Å². The molecule has 2 fully saturated rings. The Morgan fingerprint density at radius 1 is 0.978 bits per heavy atom. The fourth-order valence-electron chi connectivity index (χ4n) is 4.62. The number of benzene rings is 3. The van der Waals surface area contributed by atoms with Gasteiger partial charge in [0.2, 0.25) is 17.4 Å². The van der Waals surface area contributed by atoms with Crippen LogP contribution in [0.5, 0.6) is 17.2 Å². The molecule has 2 aliphatic heterocycles. The summed E-state index contributed by atoms with van der Waals surface area (Å²) >= 11 is 0. The summed E-state index contributed by atoms with van der Waals surface area (Å²) in [5.41, 5.74) is -1.19. The second kappa shape index (κ2) is 12.4. The fraction of sp³-hybridized carbons (Fsp3) is 0.345. The topological polar surface area (TPSA) is 114 Å². The molecule has 4 unspecified atom stereocenters. The lowest BCUT2D eigenvalue weighted by Crippen LogP contribution is -2.21. The lowest BCUT2D eigenvalue weighted by Gasteiger charge is -2.22. The molecule has 3 aromatic rings. The average molecular weight is 653 g/mol. The molecule has 0 saturated carbocycles. The van der Waals surface area contributed by atoms with E-state index in [1.54, 1.807) is 27.9 Å². The smallest absolute Gasteiger partial charge is 0.347 e. The Morgan fingerprint density at radius 2 is 1.58 bits per heavy atom. The molecular formula is C29H29F4N4O7P. The second-order valence-corrected chi connectivity index (χ2v) is 13.2. The van der Waals surface area contributed by atoms with Crippen molar-refractivity contribution in [3.05, 3.63) is 92.5 Å². The van der Waals surface area contributed by atoms with Crippen molar-refractivity contribution in [2.75, 3.05) is 27.2 Å². The SMILES string of the molecule is CC1CN1P(=O)(OCc1c(F)c(F)c(OCc2ccc([N+](=O)[O-])c(Oc3cccc(C(=O)N(C)C)c3)c2)c(F)c1F)N1CC1C. The van der Waals surface area contributed by atoms with E-state index in [1.165, 1.54) is 44.6 Å². The van der Waals surface area contributed by atoms with Crippen LogP contribution in [0.3, 0.4) is 0 Å². The molecule has 5 rings (SSSR count). The van der Waals surface area contributed by atoms with Gasteiger partial charge in [-0.2, -0.15) is 8.78 Å². The molecule has 2 saturated heterocycles. The van der Waals surface area contributed by atoms with Crippen molar-refractivity contribution in [3.63, 3.8) is 0 Å². The van der Waals surface area contributed by atoms with Gasteiger partial charge in [-0.15, -0.1) is 0 Å². The summed E-state index contributed by atoms with van der Waals surface area (Å²) in [4.78, 5) is 24.5. The quantitative estimate of drug-likeness (QED) is 0.0559. The lowest BCUT2D eigenvalue weighted by molar-refractivity contribution is -0.385. The van der Waals surface area contributed by atoms with Crippen LogP contribution in [0.1, 0.15) is 35.3 Å². The van der Waals surface area contributed by atoms with E-state index < -0.39 is 66.1 Å². The summed E-state index contributed by atoms with van der Waals surface area (Å²) in [6, 6.07) is 9.15. The molecule has 16 heteroatoms. The first-order valence-electron chi connectivity index (χ1n) is 13.8. The van der Waals surface area contributed by atoms with E-state index in [4.69, 9.17) is 14.0 Å². The fourth-order valence-corrected chi connectivity index (χ4v) is 7.39. The number of rotatable bonds is 12. The van der Waals surface area contributed by atoms with E-state index in [9.17, 15) is 37.0 Å². The minimum Gasteiger partial charge on any atom is -0.483 e. The van der Waals surface area contributed by atoms with E-state index in [0.29, 0.717) is 13.1 Å². The molecule has 0 spiro atoms. The third kappa shape index (κ3) is 6.52. The number of nitro groups is 1. The van der Waals surface area contributed by atoms with Gasteiger partial charge in [0.05, 0.1) is 17.1 Å². The highest BCUT2D eigenvalue weighted by Gasteiger charge is 2.56. The number of hydrogen-bond acceptors (Lipinski definition) is 7. The maximum atomic E-state index is 15.0. The number of ether oxygens (including phenoxy) is 2. The van der Waals surface area contributed by atoms with E-state index in [2.05, 4.69) is 0 Å². The van der Waals surface area contributed by atoms with Crippen molar-refractivity contribution < 1.29 is 45.8 Å². The van der Waals surface area contributed by atoms with Crippen LogP contribution in [0.2, 0.25) is 0 Å². The zero-order chi connectivity index (χ0) is 32.8. The van der Waals surface area contributed by atoms with Gasteiger partial charge in [-0.3, -0.25) is 19.5 Å². The van der Waals surface area contributed by atoms with Gasteiger partial charge >= 0.3 is 13.4 Å². The van der Waals surface area contributed by atoms with Gasteiger partial charge in [-0.05, 0) is 49.7 Å². The first-order valence-corrected chi connectivity index (χ1v) is 15.3. The Bertz CT molecular complexity index is 1680. The molecular weight excluding hydrogens is 623 g/mol. The molecule has 0 radical (unpaired) electrons. The molecule has 4 atom stereocenters. The van der Waals surface area contributed by atoms with E-state index in [0.717, 1.165) is 12.1 Å².